The van der Waals surface area contributed by atoms with Crippen molar-refractivity contribution in [2.24, 2.45) is 11.8 Å². The minimum Gasteiger partial charge on any atom is -0.469 e. The number of aromatic nitrogens is 2. The first-order valence-corrected chi connectivity index (χ1v) is 15.6. The highest BCUT2D eigenvalue weighted by Crippen LogP contribution is 2.24. The van der Waals surface area contributed by atoms with Gasteiger partial charge in [-0.15, -0.1) is 0 Å². The maximum absolute atomic E-state index is 13.7. The lowest BCUT2D eigenvalue weighted by Gasteiger charge is -2.25. The van der Waals surface area contributed by atoms with Crippen LogP contribution in [-0.2, 0) is 16.1 Å². The van der Waals surface area contributed by atoms with Crippen molar-refractivity contribution < 1.29 is 14.3 Å². The first-order valence-electron chi connectivity index (χ1n) is 15.6. The summed E-state index contributed by atoms with van der Waals surface area (Å²) in [6, 6.07) is 6.00. The zero-order valence-electron chi connectivity index (χ0n) is 25.7. The Morgan fingerprint density at radius 2 is 1.68 bits per heavy atom. The predicted molar refractivity (Wildman–Crippen MR) is 164 cm³/mol. The molecule has 0 unspecified atom stereocenters. The van der Waals surface area contributed by atoms with Gasteiger partial charge in [0.2, 0.25) is 5.95 Å². The molecule has 8 nitrogen and oxygen atoms in total. The smallest absolute Gasteiger partial charge is 0.305 e. The molecular weight excluding hydrogens is 502 g/mol. The third-order valence-electron chi connectivity index (χ3n) is 7.86. The Labute approximate surface area is 241 Å². The summed E-state index contributed by atoms with van der Waals surface area (Å²) in [7, 11) is 1.44. The molecule has 1 amide bonds. The fourth-order valence-corrected chi connectivity index (χ4v) is 5.27. The van der Waals surface area contributed by atoms with Crippen molar-refractivity contribution in [2.45, 2.75) is 92.0 Å². The van der Waals surface area contributed by atoms with Crippen LogP contribution in [0.1, 0.15) is 95.8 Å². The molecule has 0 radical (unpaired) electrons. The van der Waals surface area contributed by atoms with Crippen molar-refractivity contribution in [3.63, 3.8) is 0 Å². The quantitative estimate of drug-likeness (QED) is 0.174. The van der Waals surface area contributed by atoms with Crippen LogP contribution in [0.25, 0.3) is 11.0 Å². The van der Waals surface area contributed by atoms with E-state index in [-0.39, 0.29) is 11.9 Å². The van der Waals surface area contributed by atoms with Gasteiger partial charge in [-0.25, -0.2) is 4.98 Å². The Morgan fingerprint density at radius 3 is 2.33 bits per heavy atom. The van der Waals surface area contributed by atoms with Crippen LogP contribution in [0.5, 0.6) is 0 Å². The van der Waals surface area contributed by atoms with Crippen molar-refractivity contribution in [1.82, 2.24) is 19.4 Å². The number of nitrogens with one attached hydrogen (secondary N) is 1. The monoisotopic (exact) mass is 555 g/mol. The lowest BCUT2D eigenvalue weighted by molar-refractivity contribution is -0.140. The number of likely N-dealkylation sites (tertiary alicyclic amines) is 1. The van der Waals surface area contributed by atoms with Crippen LogP contribution < -0.4 is 5.32 Å². The van der Waals surface area contributed by atoms with Gasteiger partial charge < -0.3 is 24.4 Å². The number of fused-ring (bicyclic) bond motifs is 1. The fraction of sp³-hybridized carbons (Fsp3) is 0.719. The zero-order chi connectivity index (χ0) is 28.9. The third-order valence-corrected chi connectivity index (χ3v) is 7.86. The van der Waals surface area contributed by atoms with Crippen LogP contribution in [0, 0.1) is 11.8 Å². The molecule has 1 aliphatic heterocycles. The maximum atomic E-state index is 13.7. The molecule has 0 aliphatic carbocycles. The Hall–Kier alpha value is -2.61. The number of rotatable bonds is 18. The molecule has 1 saturated heterocycles. The number of carbonyl (C=O) groups excluding carboxylic acids is 2. The molecule has 0 saturated carbocycles. The van der Waals surface area contributed by atoms with Crippen molar-refractivity contribution >= 4 is 28.9 Å². The fourth-order valence-electron chi connectivity index (χ4n) is 5.27. The molecule has 2 aromatic rings. The van der Waals surface area contributed by atoms with Gasteiger partial charge >= 0.3 is 5.97 Å². The number of imidazole rings is 1. The normalized spacial score (nSPS) is 14.0. The van der Waals surface area contributed by atoms with E-state index in [1.165, 1.54) is 33.0 Å². The number of esters is 1. The first kappa shape index (κ1) is 31.9. The summed E-state index contributed by atoms with van der Waals surface area (Å²) < 4.78 is 7.01. The number of aryl methyl sites for hydroxylation is 1. The Kier molecular flexibility index (Phi) is 13.2. The molecule has 224 valence electrons. The minimum atomic E-state index is -0.148. The average molecular weight is 556 g/mol. The topological polar surface area (TPSA) is 79.7 Å². The average Bonchev–Trinajstić information content (AvgIpc) is 3.57. The van der Waals surface area contributed by atoms with Gasteiger partial charge in [0.15, 0.2) is 0 Å². The number of hydrogen-bond acceptors (Lipinski definition) is 6. The van der Waals surface area contributed by atoms with Crippen molar-refractivity contribution in [1.29, 1.82) is 0 Å². The van der Waals surface area contributed by atoms with Gasteiger partial charge in [0.1, 0.15) is 0 Å². The van der Waals surface area contributed by atoms with Crippen LogP contribution >= 0.6 is 0 Å². The molecule has 1 aromatic heterocycles. The van der Waals surface area contributed by atoms with Gasteiger partial charge in [-0.05, 0) is 94.6 Å². The van der Waals surface area contributed by atoms with Gasteiger partial charge in [0.05, 0.1) is 18.1 Å². The number of ether oxygens (including phenoxy) is 1. The van der Waals surface area contributed by atoms with E-state index >= 15 is 0 Å². The number of hydrogen-bond donors (Lipinski definition) is 1. The number of amides is 1. The van der Waals surface area contributed by atoms with E-state index in [0.29, 0.717) is 18.3 Å². The Morgan fingerprint density at radius 1 is 0.975 bits per heavy atom. The molecule has 3 rings (SSSR count). The van der Waals surface area contributed by atoms with Crippen molar-refractivity contribution in [3.05, 3.63) is 23.8 Å². The highest BCUT2D eigenvalue weighted by atomic mass is 16.5. The zero-order valence-corrected chi connectivity index (χ0v) is 25.7. The molecule has 1 aliphatic rings. The van der Waals surface area contributed by atoms with Gasteiger partial charge in [-0.1, -0.05) is 34.1 Å². The number of nitrogens with zero attached hydrogens (tertiary/aromatic N) is 4. The molecule has 8 heteroatoms. The van der Waals surface area contributed by atoms with E-state index in [1.54, 1.807) is 0 Å². The van der Waals surface area contributed by atoms with Gasteiger partial charge in [0.25, 0.3) is 5.91 Å². The van der Waals surface area contributed by atoms with Crippen LogP contribution in [0.4, 0.5) is 5.95 Å². The number of carbonyl (C=O) groups is 2. The molecule has 0 bridgehead atoms. The predicted octanol–water partition coefficient (Wildman–Crippen LogP) is 6.20. The van der Waals surface area contributed by atoms with Crippen LogP contribution in [0.15, 0.2) is 18.2 Å². The molecular formula is C32H53N5O3. The van der Waals surface area contributed by atoms with Crippen LogP contribution in [0.3, 0.4) is 0 Å². The lowest BCUT2D eigenvalue weighted by Crippen LogP contribution is -2.34. The van der Waals surface area contributed by atoms with E-state index in [0.717, 1.165) is 93.8 Å². The van der Waals surface area contributed by atoms with E-state index in [4.69, 9.17) is 9.72 Å². The van der Waals surface area contributed by atoms with E-state index in [2.05, 4.69) is 48.5 Å². The highest BCUT2D eigenvalue weighted by molar-refractivity contribution is 5.97. The summed E-state index contributed by atoms with van der Waals surface area (Å²) in [4.78, 5) is 34.6. The van der Waals surface area contributed by atoms with Gasteiger partial charge in [-0.3, -0.25) is 9.59 Å². The number of anilines is 1. The first-order chi connectivity index (χ1) is 19.3. The Bertz CT molecular complexity index is 1050. The molecule has 2 heterocycles. The molecule has 1 N–H and O–H groups in total. The number of unbranched alkanes of at least 4 members (excludes halogenated alkanes) is 2. The van der Waals surface area contributed by atoms with Gasteiger partial charge in [0, 0.05) is 38.2 Å². The molecule has 40 heavy (non-hydrogen) atoms. The minimum absolute atomic E-state index is 0.119. The number of benzene rings is 1. The Balaban J connectivity index is 1.75. The second kappa shape index (κ2) is 16.6. The summed E-state index contributed by atoms with van der Waals surface area (Å²) in [5.74, 6) is 1.95. The maximum Gasteiger partial charge on any atom is 0.305 e. The molecule has 0 atom stereocenters. The summed E-state index contributed by atoms with van der Waals surface area (Å²) in [5.41, 5.74) is 2.69. The van der Waals surface area contributed by atoms with Crippen LogP contribution in [0.2, 0.25) is 0 Å². The van der Waals surface area contributed by atoms with E-state index in [9.17, 15) is 9.59 Å². The summed E-state index contributed by atoms with van der Waals surface area (Å²) >= 11 is 0. The standard InChI is InChI=1S/C32H53N5O3/c1-25(2)15-22-36(23-16-26(3)4)31(39)27-13-14-28-29(24-27)37(21-11-20-35-18-9-10-19-35)32(34-28)33-17-8-6-7-12-30(38)40-5/h13-14,24-26H,6-12,15-23H2,1-5H3,(H,33,34). The SMILES string of the molecule is COC(=O)CCCCCNc1nc2ccc(C(=O)N(CCC(C)C)CCC(C)C)cc2n1CCCN1CCCC1. The summed E-state index contributed by atoms with van der Waals surface area (Å²) in [6.07, 6.45) is 8.87. The molecule has 0 spiro atoms. The van der Waals surface area contributed by atoms with Crippen LogP contribution in [-0.4, -0.2) is 77.6 Å². The highest BCUT2D eigenvalue weighted by Gasteiger charge is 2.20. The second-order valence-electron chi connectivity index (χ2n) is 12.2. The van der Waals surface area contributed by atoms with E-state index < -0.39 is 0 Å². The molecule has 1 fully saturated rings. The largest absolute Gasteiger partial charge is 0.469 e. The van der Waals surface area contributed by atoms with Crippen molar-refractivity contribution in [3.8, 4) is 0 Å². The summed E-state index contributed by atoms with van der Waals surface area (Å²) in [6.45, 7) is 15.6. The number of methoxy groups -OCH3 is 1. The van der Waals surface area contributed by atoms with Gasteiger partial charge in [-0.2, -0.15) is 0 Å². The van der Waals surface area contributed by atoms with E-state index in [1.807, 2.05) is 17.0 Å². The second-order valence-corrected chi connectivity index (χ2v) is 12.2. The third kappa shape index (κ3) is 10.1. The lowest BCUT2D eigenvalue weighted by atomic mass is 10.1. The summed E-state index contributed by atoms with van der Waals surface area (Å²) in [5, 5.41) is 3.55. The van der Waals surface area contributed by atoms with Crippen molar-refractivity contribution in [2.75, 3.05) is 51.7 Å². The molecule has 1 aromatic carbocycles.